The molecule has 37 heavy (non-hydrogen) atoms. The highest BCUT2D eigenvalue weighted by atomic mass is 35.5. The van der Waals surface area contributed by atoms with E-state index < -0.39 is 16.8 Å². The number of cyclic esters (lactones) is 1. The van der Waals surface area contributed by atoms with E-state index in [-0.39, 0.29) is 18.1 Å². The maximum absolute atomic E-state index is 13.5. The van der Waals surface area contributed by atoms with Crippen LogP contribution in [0.15, 0.2) is 47.9 Å². The molecule has 194 valence electrons. The van der Waals surface area contributed by atoms with Gasteiger partial charge in [0.15, 0.2) is 22.0 Å². The number of methoxy groups -OCH3 is 1. The van der Waals surface area contributed by atoms with E-state index >= 15 is 0 Å². The van der Waals surface area contributed by atoms with Crippen molar-refractivity contribution >= 4 is 35.1 Å². The summed E-state index contributed by atoms with van der Waals surface area (Å²) >= 11 is 7.43. The number of hydrogen-bond acceptors (Lipinski definition) is 8. The second-order valence-electron chi connectivity index (χ2n) is 9.68. The highest BCUT2D eigenvalue weighted by Gasteiger charge is 2.52. The number of benzene rings is 1. The molecule has 0 bridgehead atoms. The van der Waals surface area contributed by atoms with Crippen molar-refractivity contribution in [2.75, 3.05) is 7.11 Å². The zero-order valence-electron chi connectivity index (χ0n) is 20.9. The van der Waals surface area contributed by atoms with Gasteiger partial charge in [0.25, 0.3) is 0 Å². The molecule has 3 aromatic rings. The Labute approximate surface area is 225 Å². The van der Waals surface area contributed by atoms with Crippen LogP contribution in [0.4, 0.5) is 0 Å². The summed E-state index contributed by atoms with van der Waals surface area (Å²) in [5.41, 5.74) is 1.08. The number of rotatable bonds is 8. The number of pyridine rings is 1. The normalized spacial score (nSPS) is 22.3. The number of esters is 1. The van der Waals surface area contributed by atoms with Crippen molar-refractivity contribution in [3.05, 3.63) is 53.3 Å². The van der Waals surface area contributed by atoms with E-state index in [1.54, 1.807) is 24.1 Å². The zero-order valence-corrected chi connectivity index (χ0v) is 22.4. The van der Waals surface area contributed by atoms with Crippen LogP contribution in [0.25, 0.3) is 11.4 Å². The predicted octanol–water partition coefficient (Wildman–Crippen LogP) is 5.08. The Balaban J connectivity index is 1.33. The molecule has 1 aromatic carbocycles. The second kappa shape index (κ2) is 10.8. The fourth-order valence-corrected chi connectivity index (χ4v) is 6.63. The lowest BCUT2D eigenvalue weighted by molar-refractivity contribution is -0.177. The number of nitrogens with zero attached hydrogens (tertiary/aromatic N) is 4. The number of aryl methyl sites for hydroxylation is 1. The van der Waals surface area contributed by atoms with Gasteiger partial charge in [-0.05, 0) is 61.4 Å². The maximum atomic E-state index is 13.5. The summed E-state index contributed by atoms with van der Waals surface area (Å²) in [5, 5.41) is 8.57. The predicted molar refractivity (Wildman–Crippen MR) is 141 cm³/mol. The van der Waals surface area contributed by atoms with Crippen LogP contribution in [0, 0.1) is 5.92 Å². The molecule has 1 saturated heterocycles. The molecule has 2 atom stereocenters. The van der Waals surface area contributed by atoms with Crippen molar-refractivity contribution in [3.8, 4) is 17.1 Å². The van der Waals surface area contributed by atoms with Crippen LogP contribution < -0.4 is 4.74 Å². The molecule has 0 N–H and O–H groups in total. The summed E-state index contributed by atoms with van der Waals surface area (Å²) < 4.78 is 13.3. The minimum Gasteiger partial charge on any atom is -0.495 e. The van der Waals surface area contributed by atoms with E-state index in [4.69, 9.17) is 21.1 Å². The lowest BCUT2D eigenvalue weighted by Gasteiger charge is -2.42. The van der Waals surface area contributed by atoms with Gasteiger partial charge in [-0.15, -0.1) is 10.2 Å². The van der Waals surface area contributed by atoms with Gasteiger partial charge in [-0.25, -0.2) is 0 Å². The smallest absolute Gasteiger partial charge is 0.327 e. The fourth-order valence-electron chi connectivity index (χ4n) is 5.44. The van der Waals surface area contributed by atoms with Gasteiger partial charge in [-0.2, -0.15) is 0 Å². The van der Waals surface area contributed by atoms with Gasteiger partial charge in [0.1, 0.15) is 11.4 Å². The van der Waals surface area contributed by atoms with Crippen LogP contribution in [0.3, 0.4) is 0 Å². The monoisotopic (exact) mass is 540 g/mol. The fraction of sp³-hybridized carbons (Fsp3) is 0.444. The Morgan fingerprint density at radius 2 is 1.92 bits per heavy atom. The van der Waals surface area contributed by atoms with Crippen molar-refractivity contribution < 1.29 is 19.1 Å². The van der Waals surface area contributed by atoms with Gasteiger partial charge < -0.3 is 14.0 Å². The minimum atomic E-state index is -0.960. The summed E-state index contributed by atoms with van der Waals surface area (Å²) in [6.45, 7) is 0. The van der Waals surface area contributed by atoms with Gasteiger partial charge in [0.2, 0.25) is 0 Å². The van der Waals surface area contributed by atoms with Crippen LogP contribution in [-0.4, -0.2) is 49.5 Å². The highest BCUT2D eigenvalue weighted by Crippen LogP contribution is 2.46. The maximum Gasteiger partial charge on any atom is 0.327 e. The summed E-state index contributed by atoms with van der Waals surface area (Å²) in [6.07, 6.45) is 8.88. The number of ketones is 1. The number of ether oxygens (including phenoxy) is 2. The van der Waals surface area contributed by atoms with E-state index in [9.17, 15) is 9.59 Å². The molecule has 0 spiro atoms. The number of Topliss-reactive ketones (excluding diaryl/α,β-unsaturated/α-hetero) is 1. The first kappa shape index (κ1) is 25.7. The first-order valence-electron chi connectivity index (χ1n) is 12.4. The average molecular weight is 541 g/mol. The highest BCUT2D eigenvalue weighted by molar-refractivity contribution is 8.01. The van der Waals surface area contributed by atoms with Gasteiger partial charge in [0.05, 0.1) is 12.1 Å². The lowest BCUT2D eigenvalue weighted by atomic mass is 9.76. The average Bonchev–Trinajstić information content (AvgIpc) is 3.56. The third-order valence-corrected chi connectivity index (χ3v) is 8.99. The minimum absolute atomic E-state index is 0.116. The summed E-state index contributed by atoms with van der Waals surface area (Å²) in [7, 11) is 3.40. The van der Waals surface area contributed by atoms with E-state index in [1.165, 1.54) is 0 Å². The molecule has 1 aliphatic heterocycles. The first-order chi connectivity index (χ1) is 17.9. The first-order valence-corrected chi connectivity index (χ1v) is 13.7. The Hall–Kier alpha value is -2.91. The van der Waals surface area contributed by atoms with Crippen LogP contribution in [0.5, 0.6) is 5.75 Å². The lowest BCUT2D eigenvalue weighted by Crippen LogP contribution is -2.53. The topological polar surface area (TPSA) is 96.2 Å². The number of thioether (sulfide) groups is 1. The van der Waals surface area contributed by atoms with E-state index in [2.05, 4.69) is 15.2 Å². The molecule has 2 fully saturated rings. The molecule has 0 amide bonds. The number of hydrogen-bond donors (Lipinski definition) is 0. The summed E-state index contributed by atoms with van der Waals surface area (Å²) in [6, 6.07) is 9.36. The Bertz CT molecular complexity index is 1270. The molecule has 2 unspecified atom stereocenters. The second-order valence-corrected chi connectivity index (χ2v) is 11.2. The molecule has 8 nitrogen and oxygen atoms in total. The van der Waals surface area contributed by atoms with Crippen molar-refractivity contribution in [1.29, 1.82) is 0 Å². The molecule has 10 heteroatoms. The quantitative estimate of drug-likeness (QED) is 0.288. The van der Waals surface area contributed by atoms with Crippen molar-refractivity contribution in [2.45, 2.75) is 61.0 Å². The number of halogens is 1. The molecule has 2 aromatic heterocycles. The van der Waals surface area contributed by atoms with Crippen LogP contribution >= 0.6 is 23.4 Å². The van der Waals surface area contributed by atoms with E-state index in [0.29, 0.717) is 34.6 Å². The number of carbonyl (C=O) groups excluding carboxylic acids is 2. The molecule has 1 aliphatic carbocycles. The molecule has 1 saturated carbocycles. The standard InChI is InChI=1S/C27H29ClN4O4S/c1-32-24(18-10-13-29-14-11-18)30-31-26(32)37-23-21(33)16-27(36-25(23)34,19-5-3-4-6-19)12-9-17-7-8-22(35-2)20(28)15-17/h7-8,10-11,13-15,19,23H,3-6,9,12,16H2,1-2H3. The summed E-state index contributed by atoms with van der Waals surface area (Å²) in [4.78, 5) is 30.9. The van der Waals surface area contributed by atoms with Crippen LogP contribution in [0.2, 0.25) is 5.02 Å². The van der Waals surface area contributed by atoms with Gasteiger partial charge in [0, 0.05) is 31.4 Å². The number of aromatic nitrogens is 4. The molecule has 0 radical (unpaired) electrons. The molecular weight excluding hydrogens is 512 g/mol. The Morgan fingerprint density at radius 3 is 2.59 bits per heavy atom. The zero-order chi connectivity index (χ0) is 26.0. The van der Waals surface area contributed by atoms with E-state index in [1.807, 2.05) is 37.4 Å². The van der Waals surface area contributed by atoms with Crippen molar-refractivity contribution in [1.82, 2.24) is 19.7 Å². The van der Waals surface area contributed by atoms with Gasteiger partial charge in [-0.3, -0.25) is 14.6 Å². The Morgan fingerprint density at radius 1 is 1.16 bits per heavy atom. The number of carbonyl (C=O) groups is 2. The van der Waals surface area contributed by atoms with Crippen molar-refractivity contribution in [2.24, 2.45) is 13.0 Å². The Kier molecular flexibility index (Phi) is 7.53. The van der Waals surface area contributed by atoms with Gasteiger partial charge in [-0.1, -0.05) is 42.3 Å². The van der Waals surface area contributed by atoms with E-state index in [0.717, 1.165) is 48.6 Å². The van der Waals surface area contributed by atoms with Crippen LogP contribution in [-0.2, 0) is 27.8 Å². The largest absolute Gasteiger partial charge is 0.495 e. The third kappa shape index (κ3) is 5.25. The van der Waals surface area contributed by atoms with Gasteiger partial charge >= 0.3 is 5.97 Å². The van der Waals surface area contributed by atoms with Crippen molar-refractivity contribution in [3.63, 3.8) is 0 Å². The SMILES string of the molecule is COc1ccc(CCC2(C3CCCC3)CC(=O)C(Sc3nnc(-c4ccncc4)n3C)C(=O)O2)cc1Cl. The van der Waals surface area contributed by atoms with Crippen LogP contribution in [0.1, 0.15) is 44.1 Å². The third-order valence-electron chi connectivity index (χ3n) is 7.43. The molecule has 2 aliphatic rings. The molecule has 5 rings (SSSR count). The summed E-state index contributed by atoms with van der Waals surface area (Å²) in [5.74, 6) is 0.822. The molecule has 3 heterocycles. The molecular formula is C27H29ClN4O4S.